The molecule has 100 valence electrons. The highest BCUT2D eigenvalue weighted by Crippen LogP contribution is 2.29. The van der Waals surface area contributed by atoms with Gasteiger partial charge in [0.2, 0.25) is 0 Å². The largest absolute Gasteiger partial charge is 0.481 e. The van der Waals surface area contributed by atoms with E-state index in [9.17, 15) is 4.79 Å². The minimum atomic E-state index is -0.817. The standard InChI is InChI=1S/C14H15NO2S2/c1-9(2)10-3-5-11(6-4-10)12-7-18-14(15-12)19-8-13(16)17/h3-7,9H,8H2,1-2H3,(H,16,17). The number of nitrogens with zero attached hydrogens (tertiary/aromatic N) is 1. The zero-order valence-electron chi connectivity index (χ0n) is 10.8. The predicted molar refractivity (Wildman–Crippen MR) is 80.0 cm³/mol. The predicted octanol–water partition coefficient (Wildman–Crippen LogP) is 4.11. The number of rotatable bonds is 5. The smallest absolute Gasteiger partial charge is 0.313 e. The second kappa shape index (κ2) is 6.21. The van der Waals surface area contributed by atoms with Crippen molar-refractivity contribution in [3.05, 3.63) is 35.2 Å². The third-order valence-corrected chi connectivity index (χ3v) is 4.68. The molecule has 1 N–H and O–H groups in total. The first-order valence-electron chi connectivity index (χ1n) is 5.96. The van der Waals surface area contributed by atoms with Crippen molar-refractivity contribution < 1.29 is 9.90 Å². The van der Waals surface area contributed by atoms with Crippen LogP contribution in [-0.2, 0) is 4.79 Å². The van der Waals surface area contributed by atoms with Gasteiger partial charge in [0, 0.05) is 10.9 Å². The van der Waals surface area contributed by atoms with Crippen LogP contribution in [0.2, 0.25) is 0 Å². The van der Waals surface area contributed by atoms with Gasteiger partial charge in [0.15, 0.2) is 4.34 Å². The average molecular weight is 293 g/mol. The maximum Gasteiger partial charge on any atom is 0.313 e. The molecule has 19 heavy (non-hydrogen) atoms. The number of thiazole rings is 1. The SMILES string of the molecule is CC(C)c1ccc(-c2csc(SCC(=O)O)n2)cc1. The Morgan fingerprint density at radius 3 is 2.63 bits per heavy atom. The van der Waals surface area contributed by atoms with Crippen molar-refractivity contribution in [1.82, 2.24) is 4.98 Å². The van der Waals surface area contributed by atoms with Crippen molar-refractivity contribution in [3.63, 3.8) is 0 Å². The summed E-state index contributed by atoms with van der Waals surface area (Å²) in [5.74, 6) is -0.242. The summed E-state index contributed by atoms with van der Waals surface area (Å²) < 4.78 is 0.797. The van der Waals surface area contributed by atoms with E-state index in [1.54, 1.807) is 0 Å². The van der Waals surface area contributed by atoms with Gasteiger partial charge in [-0.25, -0.2) is 4.98 Å². The van der Waals surface area contributed by atoms with Crippen molar-refractivity contribution in [1.29, 1.82) is 0 Å². The average Bonchev–Trinajstić information content (AvgIpc) is 2.85. The summed E-state index contributed by atoms with van der Waals surface area (Å²) in [6, 6.07) is 8.36. The zero-order valence-corrected chi connectivity index (χ0v) is 12.4. The molecule has 1 aromatic carbocycles. The molecular weight excluding hydrogens is 278 g/mol. The van der Waals surface area contributed by atoms with Gasteiger partial charge >= 0.3 is 5.97 Å². The van der Waals surface area contributed by atoms with Gasteiger partial charge in [-0.05, 0) is 11.5 Å². The molecule has 0 spiro atoms. The summed E-state index contributed by atoms with van der Waals surface area (Å²) in [5.41, 5.74) is 3.29. The lowest BCUT2D eigenvalue weighted by molar-refractivity contribution is -0.133. The number of carboxylic acid groups (broad SMARTS) is 1. The van der Waals surface area contributed by atoms with E-state index in [2.05, 4.69) is 43.1 Å². The Balaban J connectivity index is 2.11. The molecule has 0 fully saturated rings. The lowest BCUT2D eigenvalue weighted by Gasteiger charge is -2.05. The van der Waals surface area contributed by atoms with E-state index in [-0.39, 0.29) is 5.75 Å². The summed E-state index contributed by atoms with van der Waals surface area (Å²) >= 11 is 2.75. The van der Waals surface area contributed by atoms with E-state index >= 15 is 0 Å². The number of aliphatic carboxylic acids is 1. The molecule has 0 bridgehead atoms. The molecule has 1 heterocycles. The van der Waals surface area contributed by atoms with E-state index in [0.29, 0.717) is 5.92 Å². The molecule has 0 aliphatic rings. The topological polar surface area (TPSA) is 50.2 Å². The minimum absolute atomic E-state index is 0.0548. The Morgan fingerprint density at radius 1 is 1.37 bits per heavy atom. The van der Waals surface area contributed by atoms with Crippen LogP contribution in [0.3, 0.4) is 0 Å². The minimum Gasteiger partial charge on any atom is -0.481 e. The lowest BCUT2D eigenvalue weighted by atomic mass is 10.0. The fourth-order valence-corrected chi connectivity index (χ4v) is 3.17. The molecule has 1 aromatic heterocycles. The monoisotopic (exact) mass is 293 g/mol. The van der Waals surface area contributed by atoms with Crippen LogP contribution >= 0.6 is 23.1 Å². The van der Waals surface area contributed by atoms with Gasteiger partial charge in [-0.3, -0.25) is 4.79 Å². The van der Waals surface area contributed by atoms with Gasteiger partial charge in [-0.1, -0.05) is 49.9 Å². The van der Waals surface area contributed by atoms with Crippen LogP contribution in [0.1, 0.15) is 25.3 Å². The molecule has 0 saturated heterocycles. The normalized spacial score (nSPS) is 10.9. The highest BCUT2D eigenvalue weighted by Gasteiger charge is 2.07. The van der Waals surface area contributed by atoms with E-state index in [1.807, 2.05) is 5.38 Å². The van der Waals surface area contributed by atoms with E-state index in [1.165, 1.54) is 28.7 Å². The van der Waals surface area contributed by atoms with Gasteiger partial charge < -0.3 is 5.11 Å². The molecule has 0 saturated carbocycles. The van der Waals surface area contributed by atoms with Gasteiger partial charge in [-0.2, -0.15) is 0 Å². The Morgan fingerprint density at radius 2 is 2.05 bits per heavy atom. The summed E-state index contributed by atoms with van der Waals surface area (Å²) in [6.45, 7) is 4.33. The van der Waals surface area contributed by atoms with Gasteiger partial charge in [0.25, 0.3) is 0 Å². The Bertz CT molecular complexity index is 561. The van der Waals surface area contributed by atoms with Gasteiger partial charge in [0.1, 0.15) is 0 Å². The quantitative estimate of drug-likeness (QED) is 0.843. The first-order chi connectivity index (χ1) is 9.06. The zero-order chi connectivity index (χ0) is 13.8. The molecular formula is C14H15NO2S2. The van der Waals surface area contributed by atoms with Crippen LogP contribution < -0.4 is 0 Å². The molecule has 0 aliphatic carbocycles. The fourth-order valence-electron chi connectivity index (χ4n) is 1.62. The van der Waals surface area contributed by atoms with Crippen molar-refractivity contribution in [2.75, 3.05) is 5.75 Å². The fraction of sp³-hybridized carbons (Fsp3) is 0.286. The molecule has 3 nitrogen and oxygen atoms in total. The summed E-state index contributed by atoms with van der Waals surface area (Å²) in [4.78, 5) is 15.0. The Labute approximate surface area is 120 Å². The van der Waals surface area contributed by atoms with Crippen molar-refractivity contribution in [2.24, 2.45) is 0 Å². The number of hydrogen-bond donors (Lipinski definition) is 1. The Hall–Kier alpha value is -1.33. The van der Waals surface area contributed by atoms with Crippen LogP contribution in [0.25, 0.3) is 11.3 Å². The maximum absolute atomic E-state index is 10.5. The van der Waals surface area contributed by atoms with Crippen LogP contribution in [0.5, 0.6) is 0 Å². The molecule has 5 heteroatoms. The van der Waals surface area contributed by atoms with E-state index in [4.69, 9.17) is 5.11 Å². The summed E-state index contributed by atoms with van der Waals surface area (Å²) in [6.07, 6.45) is 0. The van der Waals surface area contributed by atoms with Gasteiger partial charge in [0.05, 0.1) is 11.4 Å². The number of carboxylic acids is 1. The van der Waals surface area contributed by atoms with Crippen LogP contribution in [0.4, 0.5) is 0 Å². The van der Waals surface area contributed by atoms with Crippen molar-refractivity contribution in [3.8, 4) is 11.3 Å². The van der Waals surface area contributed by atoms with Crippen molar-refractivity contribution >= 4 is 29.1 Å². The molecule has 0 unspecified atom stereocenters. The second-order valence-electron chi connectivity index (χ2n) is 4.46. The van der Waals surface area contributed by atoms with Gasteiger partial charge in [-0.15, -0.1) is 11.3 Å². The van der Waals surface area contributed by atoms with E-state index in [0.717, 1.165) is 15.6 Å². The first kappa shape index (κ1) is 14.1. The number of hydrogen-bond acceptors (Lipinski definition) is 4. The summed E-state index contributed by atoms with van der Waals surface area (Å²) in [5, 5.41) is 10.6. The van der Waals surface area contributed by atoms with Crippen LogP contribution in [0.15, 0.2) is 34.0 Å². The maximum atomic E-state index is 10.5. The van der Waals surface area contributed by atoms with Crippen LogP contribution in [0, 0.1) is 0 Å². The molecule has 0 amide bonds. The Kier molecular flexibility index (Phi) is 4.61. The highest BCUT2D eigenvalue weighted by atomic mass is 32.2. The van der Waals surface area contributed by atoms with Crippen LogP contribution in [-0.4, -0.2) is 21.8 Å². The third-order valence-electron chi connectivity index (χ3n) is 2.68. The number of aromatic nitrogens is 1. The highest BCUT2D eigenvalue weighted by molar-refractivity contribution is 8.01. The molecule has 2 aromatic rings. The molecule has 0 radical (unpaired) electrons. The molecule has 0 aliphatic heterocycles. The van der Waals surface area contributed by atoms with E-state index < -0.39 is 5.97 Å². The molecule has 2 rings (SSSR count). The number of thioether (sulfide) groups is 1. The van der Waals surface area contributed by atoms with Crippen molar-refractivity contribution in [2.45, 2.75) is 24.1 Å². The third kappa shape index (κ3) is 3.81. The first-order valence-corrected chi connectivity index (χ1v) is 7.83. The molecule has 0 atom stereocenters. The number of benzene rings is 1. The summed E-state index contributed by atoms with van der Waals surface area (Å²) in [7, 11) is 0. The second-order valence-corrected chi connectivity index (χ2v) is 6.54. The number of carbonyl (C=O) groups is 1. The lowest BCUT2D eigenvalue weighted by Crippen LogP contribution is -1.96.